The Labute approximate surface area is 117 Å². The summed E-state index contributed by atoms with van der Waals surface area (Å²) in [5.74, 6) is 1.64. The Kier molecular flexibility index (Phi) is 7.34. The number of hydrogen-bond donors (Lipinski definition) is 1. The molecule has 0 heterocycles. The molecule has 0 saturated carbocycles. The molecule has 3 nitrogen and oxygen atoms in total. The molecule has 0 fully saturated rings. The highest BCUT2D eigenvalue weighted by molar-refractivity contribution is 5.43. The number of methoxy groups -OCH3 is 1. The molecule has 0 unspecified atom stereocenters. The minimum atomic E-state index is 0.211. The smallest absolute Gasteiger partial charge is 0.161 e. The summed E-state index contributed by atoms with van der Waals surface area (Å²) in [7, 11) is 1.69. The molecular formula is C16H27NO2. The van der Waals surface area contributed by atoms with Gasteiger partial charge in [-0.1, -0.05) is 26.3 Å². The van der Waals surface area contributed by atoms with E-state index < -0.39 is 0 Å². The SMILES string of the molecule is CCCCNCc1ccc(O[C@@H](C)CC)c(OC)c1. The Hall–Kier alpha value is -1.22. The lowest BCUT2D eigenvalue weighted by molar-refractivity contribution is 0.207. The molecule has 0 aliphatic heterocycles. The molecule has 3 heteroatoms. The van der Waals surface area contributed by atoms with Crippen molar-refractivity contribution in [2.24, 2.45) is 0 Å². The summed E-state index contributed by atoms with van der Waals surface area (Å²) in [5.41, 5.74) is 1.23. The average Bonchev–Trinajstić information content (AvgIpc) is 2.44. The number of unbranched alkanes of at least 4 members (excludes halogenated alkanes) is 1. The summed E-state index contributed by atoms with van der Waals surface area (Å²) in [5, 5.41) is 3.43. The third-order valence-electron chi connectivity index (χ3n) is 3.17. The van der Waals surface area contributed by atoms with Crippen LogP contribution in [-0.2, 0) is 6.54 Å². The van der Waals surface area contributed by atoms with Crippen molar-refractivity contribution in [3.63, 3.8) is 0 Å². The highest BCUT2D eigenvalue weighted by atomic mass is 16.5. The molecule has 0 radical (unpaired) electrons. The molecule has 0 aromatic heterocycles. The van der Waals surface area contributed by atoms with Gasteiger partial charge in [0.2, 0.25) is 0 Å². The van der Waals surface area contributed by atoms with Gasteiger partial charge in [0.1, 0.15) is 0 Å². The molecule has 1 N–H and O–H groups in total. The summed E-state index contributed by atoms with van der Waals surface area (Å²) in [6.45, 7) is 8.32. The molecule has 1 aromatic carbocycles. The van der Waals surface area contributed by atoms with Crippen LogP contribution < -0.4 is 14.8 Å². The van der Waals surface area contributed by atoms with Crippen LogP contribution in [0.25, 0.3) is 0 Å². The van der Waals surface area contributed by atoms with Gasteiger partial charge < -0.3 is 14.8 Å². The highest BCUT2D eigenvalue weighted by Crippen LogP contribution is 2.29. The zero-order chi connectivity index (χ0) is 14.1. The summed E-state index contributed by atoms with van der Waals surface area (Å²) < 4.78 is 11.2. The van der Waals surface area contributed by atoms with E-state index in [1.54, 1.807) is 7.11 Å². The Morgan fingerprint density at radius 2 is 2.00 bits per heavy atom. The van der Waals surface area contributed by atoms with Crippen molar-refractivity contribution in [2.75, 3.05) is 13.7 Å². The predicted molar refractivity (Wildman–Crippen MR) is 80.0 cm³/mol. The Balaban J connectivity index is 2.61. The van der Waals surface area contributed by atoms with Crippen molar-refractivity contribution in [3.05, 3.63) is 23.8 Å². The molecule has 1 aromatic rings. The van der Waals surface area contributed by atoms with E-state index >= 15 is 0 Å². The van der Waals surface area contributed by atoms with Gasteiger partial charge in [0.25, 0.3) is 0 Å². The Morgan fingerprint density at radius 1 is 1.21 bits per heavy atom. The first kappa shape index (κ1) is 15.8. The third kappa shape index (κ3) is 5.52. The minimum absolute atomic E-state index is 0.211. The zero-order valence-electron chi connectivity index (χ0n) is 12.7. The van der Waals surface area contributed by atoms with Gasteiger partial charge in [-0.25, -0.2) is 0 Å². The average molecular weight is 265 g/mol. The fourth-order valence-electron chi connectivity index (χ4n) is 1.75. The van der Waals surface area contributed by atoms with Gasteiger partial charge in [-0.2, -0.15) is 0 Å². The monoisotopic (exact) mass is 265 g/mol. The van der Waals surface area contributed by atoms with Gasteiger partial charge in [-0.15, -0.1) is 0 Å². The van der Waals surface area contributed by atoms with Gasteiger partial charge in [0.15, 0.2) is 11.5 Å². The fraction of sp³-hybridized carbons (Fsp3) is 0.625. The van der Waals surface area contributed by atoms with E-state index in [0.29, 0.717) is 0 Å². The number of benzene rings is 1. The van der Waals surface area contributed by atoms with E-state index in [1.807, 2.05) is 6.07 Å². The van der Waals surface area contributed by atoms with Crippen LogP contribution in [0.15, 0.2) is 18.2 Å². The van der Waals surface area contributed by atoms with E-state index in [0.717, 1.165) is 31.0 Å². The maximum Gasteiger partial charge on any atom is 0.161 e. The van der Waals surface area contributed by atoms with E-state index in [-0.39, 0.29) is 6.10 Å². The second kappa shape index (κ2) is 8.81. The molecule has 0 amide bonds. The highest BCUT2D eigenvalue weighted by Gasteiger charge is 2.08. The van der Waals surface area contributed by atoms with E-state index in [9.17, 15) is 0 Å². The largest absolute Gasteiger partial charge is 0.493 e. The van der Waals surface area contributed by atoms with Gasteiger partial charge in [0.05, 0.1) is 13.2 Å². The van der Waals surface area contributed by atoms with Gasteiger partial charge in [-0.3, -0.25) is 0 Å². The lowest BCUT2D eigenvalue weighted by atomic mass is 10.2. The number of hydrogen-bond acceptors (Lipinski definition) is 3. The first-order valence-electron chi connectivity index (χ1n) is 7.25. The Bertz CT molecular complexity index is 366. The standard InChI is InChI=1S/C16H27NO2/c1-5-7-10-17-12-14-8-9-15(16(11-14)18-4)19-13(3)6-2/h8-9,11,13,17H,5-7,10,12H2,1-4H3/t13-/m0/s1. The molecule has 0 aliphatic carbocycles. The van der Waals surface area contributed by atoms with E-state index in [1.165, 1.54) is 18.4 Å². The van der Waals surface area contributed by atoms with Crippen LogP contribution in [0.1, 0.15) is 45.6 Å². The molecule has 1 rings (SSSR count). The first-order valence-corrected chi connectivity index (χ1v) is 7.25. The zero-order valence-corrected chi connectivity index (χ0v) is 12.7. The normalized spacial score (nSPS) is 12.2. The van der Waals surface area contributed by atoms with Crippen molar-refractivity contribution in [1.29, 1.82) is 0 Å². The van der Waals surface area contributed by atoms with E-state index in [4.69, 9.17) is 9.47 Å². The minimum Gasteiger partial charge on any atom is -0.493 e. The van der Waals surface area contributed by atoms with Crippen LogP contribution in [0.2, 0.25) is 0 Å². The van der Waals surface area contributed by atoms with Gasteiger partial charge >= 0.3 is 0 Å². The maximum atomic E-state index is 5.84. The van der Waals surface area contributed by atoms with Crippen molar-refractivity contribution < 1.29 is 9.47 Å². The van der Waals surface area contributed by atoms with Crippen LogP contribution in [-0.4, -0.2) is 19.8 Å². The topological polar surface area (TPSA) is 30.5 Å². The number of ether oxygens (including phenoxy) is 2. The molecule has 1 atom stereocenters. The number of rotatable bonds is 9. The molecule has 19 heavy (non-hydrogen) atoms. The maximum absolute atomic E-state index is 5.84. The molecule has 0 spiro atoms. The molecular weight excluding hydrogens is 238 g/mol. The molecule has 0 bridgehead atoms. The lowest BCUT2D eigenvalue weighted by Gasteiger charge is -2.16. The summed E-state index contributed by atoms with van der Waals surface area (Å²) in [4.78, 5) is 0. The molecule has 0 saturated heterocycles. The number of nitrogens with one attached hydrogen (secondary N) is 1. The van der Waals surface area contributed by atoms with Crippen LogP contribution in [0.3, 0.4) is 0 Å². The summed E-state index contributed by atoms with van der Waals surface area (Å²) >= 11 is 0. The first-order chi connectivity index (χ1) is 9.21. The van der Waals surface area contributed by atoms with Crippen LogP contribution in [0, 0.1) is 0 Å². The van der Waals surface area contributed by atoms with Gasteiger partial charge in [0, 0.05) is 6.54 Å². The van der Waals surface area contributed by atoms with Crippen molar-refractivity contribution in [1.82, 2.24) is 5.32 Å². The van der Waals surface area contributed by atoms with Crippen LogP contribution >= 0.6 is 0 Å². The van der Waals surface area contributed by atoms with Crippen molar-refractivity contribution in [2.45, 2.75) is 52.7 Å². The molecule has 0 aliphatic rings. The second-order valence-corrected chi connectivity index (χ2v) is 4.85. The second-order valence-electron chi connectivity index (χ2n) is 4.85. The summed E-state index contributed by atoms with van der Waals surface area (Å²) in [6.07, 6.45) is 3.64. The quantitative estimate of drug-likeness (QED) is 0.690. The lowest BCUT2D eigenvalue weighted by Crippen LogP contribution is -2.15. The van der Waals surface area contributed by atoms with Crippen LogP contribution in [0.4, 0.5) is 0 Å². The van der Waals surface area contributed by atoms with Crippen LogP contribution in [0.5, 0.6) is 11.5 Å². The van der Waals surface area contributed by atoms with Crippen molar-refractivity contribution in [3.8, 4) is 11.5 Å². The third-order valence-corrected chi connectivity index (χ3v) is 3.17. The van der Waals surface area contributed by atoms with E-state index in [2.05, 4.69) is 38.2 Å². The predicted octanol–water partition coefficient (Wildman–Crippen LogP) is 3.76. The fourth-order valence-corrected chi connectivity index (χ4v) is 1.75. The Morgan fingerprint density at radius 3 is 2.63 bits per heavy atom. The van der Waals surface area contributed by atoms with Crippen molar-refractivity contribution >= 4 is 0 Å². The van der Waals surface area contributed by atoms with Gasteiger partial charge in [-0.05, 0) is 44.0 Å². The summed E-state index contributed by atoms with van der Waals surface area (Å²) in [6, 6.07) is 6.15. The molecule has 108 valence electrons.